The Morgan fingerprint density at radius 3 is 0.921 bits per heavy atom. The number of benzene rings is 11. The van der Waals surface area contributed by atoms with Crippen LogP contribution in [0.4, 0.5) is 0 Å². The van der Waals surface area contributed by atoms with Crippen molar-refractivity contribution >= 4 is 52.1 Å². The van der Waals surface area contributed by atoms with Gasteiger partial charge in [0.25, 0.3) is 0 Å². The van der Waals surface area contributed by atoms with Gasteiger partial charge in [0.05, 0.1) is 50.7 Å². The van der Waals surface area contributed by atoms with Gasteiger partial charge in [-0.1, -0.05) is 125 Å². The van der Waals surface area contributed by atoms with E-state index < -0.39 is 0 Å². The second-order valence-corrected chi connectivity index (χ2v) is 24.3. The van der Waals surface area contributed by atoms with Gasteiger partial charge in [0.15, 0.2) is 0 Å². The number of ether oxygens (including phenoxy) is 9. The number of alkyl halides is 1. The molecule has 0 aliphatic heterocycles. The molecule has 0 heterocycles. The van der Waals surface area contributed by atoms with Gasteiger partial charge >= 0.3 is 55.0 Å². The molecule has 594 valence electrons. The van der Waals surface area contributed by atoms with Crippen molar-refractivity contribution in [3.63, 3.8) is 0 Å². The van der Waals surface area contributed by atoms with Gasteiger partial charge in [-0.25, -0.2) is 19.2 Å². The van der Waals surface area contributed by atoms with Gasteiger partial charge in [0.2, 0.25) is 0 Å². The maximum atomic E-state index is 11.6. The zero-order chi connectivity index (χ0) is 81.6. The second-order valence-electron chi connectivity index (χ2n) is 23.7. The topological polar surface area (TPSA) is 382 Å². The largest absolute Gasteiger partial charge is 1.00 e. The molecule has 114 heavy (non-hydrogen) atoms. The fraction of sp³-hybridized carbons (Fsp3) is 0.182. The quantitative estimate of drug-likeness (QED) is 0.0155. The van der Waals surface area contributed by atoms with Crippen molar-refractivity contribution in [1.82, 2.24) is 0 Å². The SMILES string of the molecule is COC(=O)c1cccc(CBr)c1.COC(=O)c1cccc(COc2ccc(O)c(C)c2)c1.COC(=O)c1cccc(COc2ccc(O)cc2C)c1.COC(=O)c1cccc(COc2ccc(OCc3cccc(C)c3)c(C)c2)c1.Cc1cc(O)ccc1O.Cc1cc(OCc2ccccc2)ccc1O.O.O=C=O.O=C=O.[Li+].[OH-]. The van der Waals surface area contributed by atoms with Crippen LogP contribution in [0.3, 0.4) is 0 Å². The number of hydrogen-bond acceptors (Lipinski definition) is 23. The van der Waals surface area contributed by atoms with Gasteiger partial charge in [-0.15, -0.1) is 0 Å². The maximum absolute atomic E-state index is 11.6. The maximum Gasteiger partial charge on any atom is 1.00 e. The normalized spacial score (nSPS) is 9.39. The van der Waals surface area contributed by atoms with Crippen LogP contribution in [0.25, 0.3) is 0 Å². The number of hydrogen-bond donors (Lipinski definition) is 5. The summed E-state index contributed by atoms with van der Waals surface area (Å²) in [6.45, 7) is 13.4. The molecule has 0 aromatic heterocycles. The number of aromatic hydroxyl groups is 5. The van der Waals surface area contributed by atoms with Crippen molar-refractivity contribution in [3.05, 3.63) is 332 Å². The molecule has 11 rings (SSSR count). The van der Waals surface area contributed by atoms with Crippen LogP contribution in [-0.2, 0) is 76.5 Å². The Balaban J connectivity index is 0.000000689. The first-order chi connectivity index (χ1) is 53.3. The van der Waals surface area contributed by atoms with Crippen LogP contribution in [0, 0.1) is 41.5 Å². The van der Waals surface area contributed by atoms with E-state index in [1.165, 1.54) is 52.2 Å². The Kier molecular flexibility index (Phi) is 47.5. The molecule has 0 radical (unpaired) electrons. The van der Waals surface area contributed by atoms with Crippen LogP contribution >= 0.6 is 15.9 Å². The zero-order valence-electron chi connectivity index (χ0n) is 64.8. The number of rotatable bonds is 20. The van der Waals surface area contributed by atoms with Crippen molar-refractivity contribution < 1.29 is 136 Å². The molecule has 26 heteroatoms. The Morgan fingerprint density at radius 2 is 0.588 bits per heavy atom. The minimum Gasteiger partial charge on any atom is -0.870 e. The first-order valence-electron chi connectivity index (χ1n) is 33.8. The number of phenolic OH excluding ortho intramolecular Hbond substituents is 5. The monoisotopic (exact) mass is 1620 g/mol. The molecule has 24 nitrogen and oxygen atoms in total. The van der Waals surface area contributed by atoms with Crippen LogP contribution in [0.1, 0.15) is 108 Å². The number of halogens is 1. The molecule has 11 aromatic carbocycles. The standard InChI is InChI=1S/C24H24O4.2C16H16O4.C14H14O2.C9H9BrO2.C7H8O2.2CO2.Li.2H2O/c1-17-6-4-7-19(12-17)16-28-23-11-10-22(13-18(23)2)27-15-20-8-5-9-21(14-20)24(25)26-3;1-11-8-14(6-7-15(11)17)20-10-12-4-3-5-13(9-12)16(18)19-2;1-11-8-14(17)6-7-15(11)20-10-12-4-3-5-13(9-12)16(18)19-2;1-11-9-13(7-8-14(11)15)16-10-12-5-3-2-4-6-12;1-12-9(11)8-4-2-3-7(5-8)6-10;1-5-4-6(8)2-3-7(5)9;2*2-1-3;;;/h4-14H,15-16H2,1-3H3;2*3-9,17H,10H2,1-2H3;2-9,15H,10H2,1H3;2-5H,6H2,1H3;2-4,8-9H,1H3;;;;2*1H2/q;;;;;;;;+1;;/p-1. The third kappa shape index (κ3) is 36.7. The summed E-state index contributed by atoms with van der Waals surface area (Å²) in [5, 5.41) is 46.7. The van der Waals surface area contributed by atoms with E-state index in [-0.39, 0.29) is 89.0 Å². The summed E-state index contributed by atoms with van der Waals surface area (Å²) in [6.07, 6.45) is 0.500. The predicted molar refractivity (Wildman–Crippen MR) is 423 cm³/mol. The summed E-state index contributed by atoms with van der Waals surface area (Å²) in [6, 6.07) is 72.4. The first-order valence-corrected chi connectivity index (χ1v) is 34.9. The first kappa shape index (κ1) is 99.1. The third-order valence-corrected chi connectivity index (χ3v) is 15.9. The van der Waals surface area contributed by atoms with Crippen LogP contribution in [0.15, 0.2) is 243 Å². The van der Waals surface area contributed by atoms with Crippen molar-refractivity contribution in [2.45, 2.75) is 79.9 Å². The smallest absolute Gasteiger partial charge is 0.870 e. The van der Waals surface area contributed by atoms with E-state index in [0.29, 0.717) is 78.1 Å². The van der Waals surface area contributed by atoms with Gasteiger partial charge in [0, 0.05) is 5.33 Å². The molecule has 0 amide bonds. The summed E-state index contributed by atoms with van der Waals surface area (Å²) in [4.78, 5) is 78.0. The molecule has 0 fully saturated rings. The minimum atomic E-state index is -0.368. The van der Waals surface area contributed by atoms with Crippen molar-refractivity contribution in [2.24, 2.45) is 0 Å². The number of carbonyl (C=O) groups is 4. The molecule has 0 atom stereocenters. The van der Waals surface area contributed by atoms with Crippen molar-refractivity contribution in [1.29, 1.82) is 0 Å². The minimum absolute atomic E-state index is 0. The predicted octanol–water partition coefficient (Wildman–Crippen LogP) is 13.3. The Bertz CT molecular complexity index is 4830. The summed E-state index contributed by atoms with van der Waals surface area (Å²) < 4.78 is 47.4. The Morgan fingerprint density at radius 1 is 0.316 bits per heavy atom. The average molecular weight is 1620 g/mol. The van der Waals surface area contributed by atoms with Crippen molar-refractivity contribution in [3.8, 4) is 57.5 Å². The summed E-state index contributed by atoms with van der Waals surface area (Å²) >= 11 is 3.31. The summed E-state index contributed by atoms with van der Waals surface area (Å²) in [7, 11) is 5.45. The fourth-order valence-corrected chi connectivity index (χ4v) is 9.91. The van der Waals surface area contributed by atoms with Gasteiger partial charge in [-0.3, -0.25) is 0 Å². The molecule has 0 aliphatic rings. The molecular weight excluding hydrogens is 1530 g/mol. The second kappa shape index (κ2) is 54.6. The number of carbonyl (C=O) groups excluding carboxylic acids is 8. The van der Waals surface area contributed by atoms with E-state index in [2.05, 4.69) is 55.3 Å². The van der Waals surface area contributed by atoms with E-state index in [1.54, 1.807) is 123 Å². The molecule has 0 spiro atoms. The Hall–Kier alpha value is -12.9. The van der Waals surface area contributed by atoms with E-state index in [1.807, 2.05) is 118 Å². The fourth-order valence-electron chi connectivity index (χ4n) is 9.56. The Labute approximate surface area is 681 Å². The van der Waals surface area contributed by atoms with E-state index in [0.717, 1.165) is 78.2 Å². The van der Waals surface area contributed by atoms with Gasteiger partial charge < -0.3 is 79.1 Å². The molecule has 0 bridgehead atoms. The number of phenols is 5. The molecular formula is C88H90BrLiO24. The number of esters is 4. The van der Waals surface area contributed by atoms with Crippen molar-refractivity contribution in [2.75, 3.05) is 28.4 Å². The van der Waals surface area contributed by atoms with Gasteiger partial charge in [-0.2, -0.15) is 19.2 Å². The van der Waals surface area contributed by atoms with Crippen LogP contribution < -0.4 is 42.5 Å². The average Bonchev–Trinajstić information content (AvgIpc) is 0.860. The van der Waals surface area contributed by atoms with E-state index in [9.17, 15) is 34.5 Å². The van der Waals surface area contributed by atoms with E-state index in [4.69, 9.17) is 57.8 Å². The number of aryl methyl sites for hydroxylation is 6. The summed E-state index contributed by atoms with van der Waals surface area (Å²) in [5.74, 6) is 3.50. The third-order valence-electron chi connectivity index (χ3n) is 15.3. The van der Waals surface area contributed by atoms with Gasteiger partial charge in [-0.05, 0) is 242 Å². The summed E-state index contributed by atoms with van der Waals surface area (Å²) in [5.41, 5.74) is 13.4. The van der Waals surface area contributed by atoms with Gasteiger partial charge in [0.1, 0.15) is 90.5 Å². The zero-order valence-corrected chi connectivity index (χ0v) is 66.4. The molecule has 8 N–H and O–H groups in total. The molecule has 0 saturated carbocycles. The number of methoxy groups -OCH3 is 4. The molecule has 11 aromatic rings. The molecule has 0 unspecified atom stereocenters. The molecule has 0 saturated heterocycles. The van der Waals surface area contributed by atoms with Crippen LogP contribution in [0.5, 0.6) is 57.5 Å². The van der Waals surface area contributed by atoms with Crippen LogP contribution in [0.2, 0.25) is 0 Å². The van der Waals surface area contributed by atoms with Crippen LogP contribution in [-0.4, -0.2) is 101 Å². The van der Waals surface area contributed by atoms with E-state index >= 15 is 0 Å². The molecule has 0 aliphatic carbocycles.